The lowest BCUT2D eigenvalue weighted by Gasteiger charge is -2.09. The van der Waals surface area contributed by atoms with Crippen LogP contribution in [0.3, 0.4) is 0 Å². The largest absolute Gasteiger partial charge is 0.309 e. The molecule has 1 nitrogen and oxygen atoms in total. The van der Waals surface area contributed by atoms with E-state index in [1.807, 2.05) is 12.2 Å². The van der Waals surface area contributed by atoms with Gasteiger partial charge in [0.25, 0.3) is 0 Å². The molecule has 2 heteroatoms. The zero-order valence-corrected chi connectivity index (χ0v) is 9.22. The summed E-state index contributed by atoms with van der Waals surface area (Å²) >= 11 is 5.64. The first kappa shape index (κ1) is 12.5. The van der Waals surface area contributed by atoms with Crippen LogP contribution in [0.2, 0.25) is 0 Å². The second-order valence-electron chi connectivity index (χ2n) is 3.08. The second-order valence-corrected chi connectivity index (χ2v) is 3.39. The van der Waals surface area contributed by atoms with Gasteiger partial charge in [0.2, 0.25) is 0 Å². The third-order valence-electron chi connectivity index (χ3n) is 1.63. The van der Waals surface area contributed by atoms with Crippen molar-refractivity contribution in [3.63, 3.8) is 0 Å². The van der Waals surface area contributed by atoms with Gasteiger partial charge in [-0.2, -0.15) is 0 Å². The fraction of sp³-hybridized carbons (Fsp3) is 0.455. The molecule has 13 heavy (non-hydrogen) atoms. The van der Waals surface area contributed by atoms with Crippen molar-refractivity contribution < 1.29 is 0 Å². The minimum absolute atomic E-state index is 0.574. The van der Waals surface area contributed by atoms with Gasteiger partial charge in [0.15, 0.2) is 0 Å². The van der Waals surface area contributed by atoms with Crippen LogP contribution in [0.25, 0.3) is 0 Å². The van der Waals surface area contributed by atoms with Gasteiger partial charge in [-0.3, -0.25) is 0 Å². The highest BCUT2D eigenvalue weighted by atomic mass is 35.5. The summed E-state index contributed by atoms with van der Waals surface area (Å²) in [5, 5.41) is 0. The van der Waals surface area contributed by atoms with E-state index in [-0.39, 0.29) is 0 Å². The Balaban J connectivity index is 4.02. The van der Waals surface area contributed by atoms with Gasteiger partial charge in [-0.25, -0.2) is 0 Å². The molecule has 0 fully saturated rings. The maximum Gasteiger partial charge on any atom is 0.0409 e. The Bertz CT molecular complexity index is 192. The van der Waals surface area contributed by atoms with Crippen molar-refractivity contribution in [1.82, 2.24) is 4.90 Å². The molecule has 0 saturated carbocycles. The van der Waals surface area contributed by atoms with E-state index in [0.717, 1.165) is 13.0 Å². The first-order valence-electron chi connectivity index (χ1n) is 4.39. The zero-order valence-electron chi connectivity index (χ0n) is 8.46. The number of hydrogen-bond acceptors (Lipinski definition) is 1. The lowest BCUT2D eigenvalue weighted by Crippen LogP contribution is -2.13. The summed E-state index contributed by atoms with van der Waals surface area (Å²) in [7, 11) is 4.13. The summed E-state index contributed by atoms with van der Waals surface area (Å²) in [6, 6.07) is 0. The quantitative estimate of drug-likeness (QED) is 0.470. The third-order valence-corrected chi connectivity index (χ3v) is 1.79. The van der Waals surface area contributed by atoms with E-state index in [0.29, 0.717) is 5.88 Å². The van der Waals surface area contributed by atoms with Gasteiger partial charge < -0.3 is 4.90 Å². The van der Waals surface area contributed by atoms with Crippen LogP contribution in [0.4, 0.5) is 0 Å². The van der Waals surface area contributed by atoms with Crippen molar-refractivity contribution in [2.75, 3.05) is 26.5 Å². The Morgan fingerprint density at radius 3 is 2.62 bits per heavy atom. The molecule has 0 spiro atoms. The summed E-state index contributed by atoms with van der Waals surface area (Å²) in [5.74, 6) is 0.574. The Hall–Kier alpha value is -0.530. The van der Waals surface area contributed by atoms with Gasteiger partial charge in [0.1, 0.15) is 0 Å². The van der Waals surface area contributed by atoms with Gasteiger partial charge in [0.05, 0.1) is 0 Å². The Morgan fingerprint density at radius 2 is 2.15 bits per heavy atom. The number of rotatable bonds is 6. The monoisotopic (exact) mass is 199 g/mol. The lowest BCUT2D eigenvalue weighted by molar-refractivity contribution is 0.414. The molecular formula is C11H18ClN. The van der Waals surface area contributed by atoms with Gasteiger partial charge in [-0.1, -0.05) is 30.9 Å². The van der Waals surface area contributed by atoms with E-state index in [1.54, 1.807) is 6.08 Å². The molecule has 0 aromatic rings. The summed E-state index contributed by atoms with van der Waals surface area (Å²) in [6.07, 6.45) is 8.83. The van der Waals surface area contributed by atoms with Crippen molar-refractivity contribution in [2.45, 2.75) is 6.42 Å². The van der Waals surface area contributed by atoms with Gasteiger partial charge in [-0.05, 0) is 26.1 Å². The molecule has 0 radical (unpaired) electrons. The van der Waals surface area contributed by atoms with Crippen molar-refractivity contribution in [3.8, 4) is 0 Å². The standard InChI is InChI=1S/C11H18ClN/c1-4-5-6-11(7-9-12)8-10-13(2)3/h4-7H,1,8-10H2,2-3H3/b6-5-,11-7+. The summed E-state index contributed by atoms with van der Waals surface area (Å²) < 4.78 is 0. The molecule has 0 aliphatic rings. The minimum atomic E-state index is 0.574. The molecule has 0 aliphatic carbocycles. The molecule has 0 heterocycles. The van der Waals surface area contributed by atoms with Crippen molar-refractivity contribution in [2.24, 2.45) is 0 Å². The predicted octanol–water partition coefficient (Wildman–Crippen LogP) is 2.85. The fourth-order valence-electron chi connectivity index (χ4n) is 0.897. The summed E-state index contributed by atoms with van der Waals surface area (Å²) in [5.41, 5.74) is 1.27. The molecule has 0 rings (SSSR count). The van der Waals surface area contributed by atoms with Crippen molar-refractivity contribution in [3.05, 3.63) is 36.5 Å². The third kappa shape index (κ3) is 7.82. The number of allylic oxidation sites excluding steroid dienone is 4. The molecule has 0 aromatic carbocycles. The normalized spacial score (nSPS) is 12.8. The van der Waals surface area contributed by atoms with Crippen LogP contribution in [0.1, 0.15) is 6.42 Å². The van der Waals surface area contributed by atoms with E-state index in [9.17, 15) is 0 Å². The Labute approximate surface area is 86.4 Å². The van der Waals surface area contributed by atoms with E-state index >= 15 is 0 Å². The van der Waals surface area contributed by atoms with Gasteiger partial charge in [0, 0.05) is 12.4 Å². The van der Waals surface area contributed by atoms with Crippen LogP contribution in [-0.4, -0.2) is 31.4 Å². The van der Waals surface area contributed by atoms with Gasteiger partial charge >= 0.3 is 0 Å². The van der Waals surface area contributed by atoms with Crippen LogP contribution in [0, 0.1) is 0 Å². The molecule has 0 saturated heterocycles. The topological polar surface area (TPSA) is 3.24 Å². The van der Waals surface area contributed by atoms with Crippen LogP contribution in [0.15, 0.2) is 36.5 Å². The van der Waals surface area contributed by atoms with Crippen LogP contribution < -0.4 is 0 Å². The molecule has 74 valence electrons. The van der Waals surface area contributed by atoms with E-state index in [4.69, 9.17) is 11.6 Å². The number of nitrogens with zero attached hydrogens (tertiary/aromatic N) is 1. The average Bonchev–Trinajstić information content (AvgIpc) is 2.09. The number of halogens is 1. The molecule has 0 bridgehead atoms. The minimum Gasteiger partial charge on any atom is -0.309 e. The van der Waals surface area contributed by atoms with Crippen LogP contribution >= 0.6 is 11.6 Å². The highest BCUT2D eigenvalue weighted by Crippen LogP contribution is 2.04. The SMILES string of the molecule is C=C/C=C\C(=C/CCl)CCN(C)C. The second kappa shape index (κ2) is 8.09. The van der Waals surface area contributed by atoms with Crippen LogP contribution in [0.5, 0.6) is 0 Å². The summed E-state index contributed by atoms with van der Waals surface area (Å²) in [4.78, 5) is 2.16. The molecule has 0 aromatic heterocycles. The number of alkyl halides is 1. The van der Waals surface area contributed by atoms with Crippen molar-refractivity contribution >= 4 is 11.6 Å². The molecule has 0 atom stereocenters. The highest BCUT2D eigenvalue weighted by Gasteiger charge is 1.93. The molecule has 0 N–H and O–H groups in total. The first-order valence-corrected chi connectivity index (χ1v) is 4.93. The molecule has 0 amide bonds. The van der Waals surface area contributed by atoms with Crippen molar-refractivity contribution in [1.29, 1.82) is 0 Å². The highest BCUT2D eigenvalue weighted by molar-refractivity contribution is 6.18. The first-order chi connectivity index (χ1) is 6.20. The van der Waals surface area contributed by atoms with E-state index < -0.39 is 0 Å². The molecule has 0 unspecified atom stereocenters. The number of hydrogen-bond donors (Lipinski definition) is 0. The lowest BCUT2D eigenvalue weighted by atomic mass is 10.1. The summed E-state index contributed by atoms with van der Waals surface area (Å²) in [6.45, 7) is 4.68. The molecule has 0 aliphatic heterocycles. The molecular weight excluding hydrogens is 182 g/mol. The smallest absolute Gasteiger partial charge is 0.0409 e. The predicted molar refractivity (Wildman–Crippen MR) is 61.3 cm³/mol. The van der Waals surface area contributed by atoms with E-state index in [2.05, 4.69) is 31.7 Å². The maximum absolute atomic E-state index is 5.64. The fourth-order valence-corrected chi connectivity index (χ4v) is 1.10. The average molecular weight is 200 g/mol. The van der Waals surface area contributed by atoms with Crippen LogP contribution in [-0.2, 0) is 0 Å². The Morgan fingerprint density at radius 1 is 1.46 bits per heavy atom. The van der Waals surface area contributed by atoms with E-state index in [1.165, 1.54) is 5.57 Å². The Kier molecular flexibility index (Phi) is 7.76. The van der Waals surface area contributed by atoms with Gasteiger partial charge in [-0.15, -0.1) is 11.6 Å². The maximum atomic E-state index is 5.64. The zero-order chi connectivity index (χ0) is 10.1.